The average molecular weight is 342 g/mol. The number of hydrogen-bond acceptors (Lipinski definition) is 4. The SMILES string of the molecule is CN(C)c1ccc(-c2nc3c(s2)C(O)CCC3)cc1C(F)(F)F. The van der Waals surface area contributed by atoms with Gasteiger partial charge in [0.05, 0.1) is 22.2 Å². The Morgan fingerprint density at radius 1 is 1.30 bits per heavy atom. The molecule has 1 aromatic heterocycles. The van der Waals surface area contributed by atoms with Crippen LogP contribution in [0.5, 0.6) is 0 Å². The van der Waals surface area contributed by atoms with Crippen LogP contribution in [0.4, 0.5) is 18.9 Å². The molecule has 23 heavy (non-hydrogen) atoms. The van der Waals surface area contributed by atoms with Crippen LogP contribution in [0.2, 0.25) is 0 Å². The van der Waals surface area contributed by atoms with Gasteiger partial charge < -0.3 is 10.0 Å². The highest BCUT2D eigenvalue weighted by Gasteiger charge is 2.35. The molecule has 0 saturated heterocycles. The predicted molar refractivity (Wildman–Crippen MR) is 84.8 cm³/mol. The molecule has 2 aromatic rings. The zero-order chi connectivity index (χ0) is 16.8. The van der Waals surface area contributed by atoms with Crippen molar-refractivity contribution in [2.24, 2.45) is 0 Å². The Morgan fingerprint density at radius 3 is 2.65 bits per heavy atom. The molecule has 0 aliphatic heterocycles. The van der Waals surface area contributed by atoms with E-state index in [2.05, 4.69) is 4.98 Å². The largest absolute Gasteiger partial charge is 0.418 e. The van der Waals surface area contributed by atoms with Crippen molar-refractivity contribution in [2.45, 2.75) is 31.5 Å². The zero-order valence-electron chi connectivity index (χ0n) is 12.8. The molecule has 1 unspecified atom stereocenters. The van der Waals surface area contributed by atoms with E-state index < -0.39 is 17.8 Å². The van der Waals surface area contributed by atoms with Crippen molar-refractivity contribution in [1.29, 1.82) is 0 Å². The maximum absolute atomic E-state index is 13.3. The van der Waals surface area contributed by atoms with E-state index in [1.165, 1.54) is 22.3 Å². The number of fused-ring (bicyclic) bond motifs is 1. The van der Waals surface area contributed by atoms with E-state index in [-0.39, 0.29) is 5.69 Å². The molecule has 0 spiro atoms. The second-order valence-corrected chi connectivity index (χ2v) is 6.89. The number of halogens is 3. The van der Waals surface area contributed by atoms with Gasteiger partial charge >= 0.3 is 6.18 Å². The number of hydrogen-bond donors (Lipinski definition) is 1. The highest BCUT2D eigenvalue weighted by molar-refractivity contribution is 7.15. The van der Waals surface area contributed by atoms with Crippen molar-refractivity contribution in [3.05, 3.63) is 34.3 Å². The first-order valence-electron chi connectivity index (χ1n) is 7.34. The zero-order valence-corrected chi connectivity index (χ0v) is 13.6. The van der Waals surface area contributed by atoms with Gasteiger partial charge in [0.25, 0.3) is 0 Å². The number of rotatable bonds is 2. The Balaban J connectivity index is 2.07. The van der Waals surface area contributed by atoms with Crippen molar-refractivity contribution in [3.8, 4) is 10.6 Å². The summed E-state index contributed by atoms with van der Waals surface area (Å²) in [7, 11) is 3.17. The van der Waals surface area contributed by atoms with Crippen LogP contribution in [0.1, 0.15) is 35.1 Å². The first-order valence-corrected chi connectivity index (χ1v) is 8.15. The molecule has 7 heteroatoms. The van der Waals surface area contributed by atoms with Crippen molar-refractivity contribution in [1.82, 2.24) is 4.98 Å². The molecule has 3 nitrogen and oxygen atoms in total. The number of aliphatic hydroxyl groups excluding tert-OH is 1. The molecular weight excluding hydrogens is 325 g/mol. The molecule has 1 aliphatic rings. The van der Waals surface area contributed by atoms with Crippen molar-refractivity contribution in [3.63, 3.8) is 0 Å². The van der Waals surface area contributed by atoms with Gasteiger partial charge in [-0.05, 0) is 37.5 Å². The number of benzene rings is 1. The monoisotopic (exact) mass is 342 g/mol. The molecule has 0 radical (unpaired) electrons. The fraction of sp³-hybridized carbons (Fsp3) is 0.438. The Hall–Kier alpha value is -1.60. The Bertz CT molecular complexity index is 725. The fourth-order valence-corrected chi connectivity index (χ4v) is 3.93. The van der Waals surface area contributed by atoms with Gasteiger partial charge in [-0.25, -0.2) is 4.98 Å². The number of aliphatic hydroxyl groups is 1. The van der Waals surface area contributed by atoms with E-state index in [4.69, 9.17) is 0 Å². The summed E-state index contributed by atoms with van der Waals surface area (Å²) in [5.74, 6) is 0. The minimum atomic E-state index is -4.42. The molecule has 0 bridgehead atoms. The minimum absolute atomic E-state index is 0.127. The number of nitrogens with zero attached hydrogens (tertiary/aromatic N) is 2. The van der Waals surface area contributed by atoms with Gasteiger partial charge in [-0.1, -0.05) is 0 Å². The van der Waals surface area contributed by atoms with Gasteiger partial charge in [0.2, 0.25) is 0 Å². The lowest BCUT2D eigenvalue weighted by molar-refractivity contribution is -0.137. The molecule has 1 aliphatic carbocycles. The smallest absolute Gasteiger partial charge is 0.388 e. The Kier molecular flexibility index (Phi) is 4.10. The summed E-state index contributed by atoms with van der Waals surface area (Å²) in [6.07, 6.45) is -2.67. The van der Waals surface area contributed by atoms with Crippen molar-refractivity contribution >= 4 is 17.0 Å². The Morgan fingerprint density at radius 2 is 2.04 bits per heavy atom. The second kappa shape index (κ2) is 5.79. The van der Waals surface area contributed by atoms with Gasteiger partial charge in [0.1, 0.15) is 5.01 Å². The number of aryl methyl sites for hydroxylation is 1. The van der Waals surface area contributed by atoms with Crippen LogP contribution in [0, 0.1) is 0 Å². The molecule has 0 fully saturated rings. The van der Waals surface area contributed by atoms with E-state index in [1.54, 1.807) is 20.2 Å². The van der Waals surface area contributed by atoms with E-state index in [0.29, 0.717) is 17.0 Å². The fourth-order valence-electron chi connectivity index (χ4n) is 2.81. The summed E-state index contributed by atoms with van der Waals surface area (Å²) in [6, 6.07) is 4.27. The maximum Gasteiger partial charge on any atom is 0.418 e. The Labute approximate surface area is 136 Å². The lowest BCUT2D eigenvalue weighted by atomic mass is 10.0. The number of alkyl halides is 3. The summed E-state index contributed by atoms with van der Waals surface area (Å²) in [4.78, 5) is 6.68. The molecule has 1 N–H and O–H groups in total. The maximum atomic E-state index is 13.3. The molecule has 3 rings (SSSR count). The van der Waals surface area contributed by atoms with Crippen LogP contribution in [-0.4, -0.2) is 24.2 Å². The van der Waals surface area contributed by atoms with Gasteiger partial charge in [-0.15, -0.1) is 11.3 Å². The van der Waals surface area contributed by atoms with Gasteiger partial charge in [0, 0.05) is 25.3 Å². The first-order chi connectivity index (χ1) is 10.8. The summed E-state index contributed by atoms with van der Waals surface area (Å²) in [5, 5.41) is 10.5. The lowest BCUT2D eigenvalue weighted by Gasteiger charge is -2.19. The summed E-state index contributed by atoms with van der Waals surface area (Å²) in [5.41, 5.74) is 0.708. The van der Waals surface area contributed by atoms with Crippen molar-refractivity contribution < 1.29 is 18.3 Å². The van der Waals surface area contributed by atoms with E-state index in [1.807, 2.05) is 0 Å². The van der Waals surface area contributed by atoms with E-state index >= 15 is 0 Å². The summed E-state index contributed by atoms with van der Waals surface area (Å²) < 4.78 is 39.9. The topological polar surface area (TPSA) is 36.4 Å². The molecule has 1 aromatic carbocycles. The lowest BCUT2D eigenvalue weighted by Crippen LogP contribution is -2.16. The van der Waals surface area contributed by atoms with Gasteiger partial charge in [0.15, 0.2) is 0 Å². The molecule has 1 atom stereocenters. The highest BCUT2D eigenvalue weighted by Crippen LogP contribution is 2.41. The van der Waals surface area contributed by atoms with Crippen LogP contribution in [-0.2, 0) is 12.6 Å². The van der Waals surface area contributed by atoms with Gasteiger partial charge in [-0.2, -0.15) is 13.2 Å². The van der Waals surface area contributed by atoms with Crippen molar-refractivity contribution in [2.75, 3.05) is 19.0 Å². The van der Waals surface area contributed by atoms with E-state index in [9.17, 15) is 18.3 Å². The third-order valence-corrected chi connectivity index (χ3v) is 5.20. The molecule has 1 heterocycles. The van der Waals surface area contributed by atoms with Crippen LogP contribution in [0.3, 0.4) is 0 Å². The van der Waals surface area contributed by atoms with Crippen LogP contribution in [0.15, 0.2) is 18.2 Å². The molecular formula is C16H17F3N2OS. The highest BCUT2D eigenvalue weighted by atomic mass is 32.1. The predicted octanol–water partition coefficient (Wildman–Crippen LogP) is 4.26. The average Bonchev–Trinajstić information content (AvgIpc) is 2.91. The van der Waals surface area contributed by atoms with E-state index in [0.717, 1.165) is 29.5 Å². The minimum Gasteiger partial charge on any atom is -0.388 e. The number of anilines is 1. The second-order valence-electron chi connectivity index (χ2n) is 5.86. The normalized spacial score (nSPS) is 17.9. The third kappa shape index (κ3) is 3.07. The molecule has 0 amide bonds. The van der Waals surface area contributed by atoms with Gasteiger partial charge in [-0.3, -0.25) is 0 Å². The van der Waals surface area contributed by atoms with Crippen LogP contribution >= 0.6 is 11.3 Å². The standard InChI is InChI=1S/C16H17F3N2OS/c1-21(2)12-7-6-9(8-10(12)16(17,18)19)15-20-11-4-3-5-13(22)14(11)23-15/h6-8,13,22H,3-5H2,1-2H3. The summed E-state index contributed by atoms with van der Waals surface area (Å²) >= 11 is 1.29. The summed E-state index contributed by atoms with van der Waals surface area (Å²) in [6.45, 7) is 0. The van der Waals surface area contributed by atoms with Crippen LogP contribution in [0.25, 0.3) is 10.6 Å². The molecule has 124 valence electrons. The number of aromatic nitrogens is 1. The number of thiazole rings is 1. The third-order valence-electron chi connectivity index (χ3n) is 3.95. The first kappa shape index (κ1) is 16.3. The quantitative estimate of drug-likeness (QED) is 0.886. The molecule has 0 saturated carbocycles. The van der Waals surface area contributed by atoms with Crippen LogP contribution < -0.4 is 4.90 Å².